The smallest absolute Gasteiger partial charge is 0.267 e. The van der Waals surface area contributed by atoms with Crippen LogP contribution >= 0.6 is 0 Å². The van der Waals surface area contributed by atoms with Crippen LogP contribution in [0.15, 0.2) is 48.2 Å². The van der Waals surface area contributed by atoms with E-state index in [4.69, 9.17) is 14.6 Å². The molecule has 0 unspecified atom stereocenters. The number of nitrogens with one attached hydrogen (secondary N) is 2. The molecule has 3 N–H and O–H groups in total. The number of aliphatic hydroxyl groups excluding tert-OH is 1. The first-order chi connectivity index (χ1) is 14.3. The molecule has 0 atom stereocenters. The number of carbonyl (C=O) groups excluding carboxylic acids is 2. The number of ether oxygens (including phenoxy) is 2. The van der Waals surface area contributed by atoms with Crippen LogP contribution in [-0.2, 0) is 10.2 Å². The molecule has 30 heavy (non-hydrogen) atoms. The Labute approximate surface area is 175 Å². The molecule has 1 heterocycles. The summed E-state index contributed by atoms with van der Waals surface area (Å²) in [4.78, 5) is 25.3. The molecule has 0 aliphatic carbocycles. The fourth-order valence-electron chi connectivity index (χ4n) is 2.91. The third-order valence-corrected chi connectivity index (χ3v) is 4.61. The molecule has 2 aromatic carbocycles. The fourth-order valence-corrected chi connectivity index (χ4v) is 2.91. The summed E-state index contributed by atoms with van der Waals surface area (Å²) in [5.74, 6) is 0.298. The Kier molecular flexibility index (Phi) is 6.42. The normalized spacial score (nSPS) is 13.1. The average molecular weight is 410 g/mol. The van der Waals surface area contributed by atoms with Gasteiger partial charge in [0.2, 0.25) is 6.79 Å². The third-order valence-electron chi connectivity index (χ3n) is 4.61. The predicted octanol–water partition coefficient (Wildman–Crippen LogP) is 2.59. The van der Waals surface area contributed by atoms with Crippen molar-refractivity contribution in [2.75, 3.05) is 19.9 Å². The van der Waals surface area contributed by atoms with Crippen molar-refractivity contribution in [1.29, 1.82) is 0 Å². The molecule has 0 saturated carbocycles. The number of amides is 2. The summed E-state index contributed by atoms with van der Waals surface area (Å²) >= 11 is 0. The largest absolute Gasteiger partial charge is 0.454 e. The van der Waals surface area contributed by atoms with E-state index < -0.39 is 11.8 Å². The van der Waals surface area contributed by atoms with E-state index >= 15 is 0 Å². The number of fused-ring (bicyclic) bond motifs is 1. The molecule has 7 heteroatoms. The van der Waals surface area contributed by atoms with Gasteiger partial charge >= 0.3 is 0 Å². The van der Waals surface area contributed by atoms with Gasteiger partial charge in [-0.1, -0.05) is 39.0 Å². The lowest BCUT2D eigenvalue weighted by molar-refractivity contribution is -0.117. The van der Waals surface area contributed by atoms with E-state index in [9.17, 15) is 9.59 Å². The lowest BCUT2D eigenvalue weighted by Gasteiger charge is -2.19. The van der Waals surface area contributed by atoms with Crippen LogP contribution in [0.2, 0.25) is 0 Å². The first kappa shape index (κ1) is 21.4. The molecule has 2 aromatic rings. The van der Waals surface area contributed by atoms with E-state index in [0.717, 1.165) is 5.56 Å². The Bertz CT molecular complexity index is 959. The van der Waals surface area contributed by atoms with E-state index in [1.165, 1.54) is 0 Å². The maximum absolute atomic E-state index is 12.7. The van der Waals surface area contributed by atoms with Crippen LogP contribution in [-0.4, -0.2) is 36.9 Å². The Balaban J connectivity index is 1.83. The van der Waals surface area contributed by atoms with Crippen molar-refractivity contribution in [3.63, 3.8) is 0 Å². The van der Waals surface area contributed by atoms with Crippen LogP contribution in [0.1, 0.15) is 42.3 Å². The highest BCUT2D eigenvalue weighted by molar-refractivity contribution is 6.05. The van der Waals surface area contributed by atoms with Gasteiger partial charge in [0.15, 0.2) is 11.5 Å². The standard InChI is InChI=1S/C23H26N2O5/c1-23(2,3)17-7-5-16(6-8-17)21(27)25-18(22(28)24-10-11-26)12-15-4-9-19-20(13-15)30-14-29-19/h4-9,12-13,26H,10-11,14H2,1-3H3,(H,24,28)(H,25,27). The zero-order valence-electron chi connectivity index (χ0n) is 17.3. The second-order valence-corrected chi connectivity index (χ2v) is 7.93. The van der Waals surface area contributed by atoms with E-state index in [1.54, 1.807) is 36.4 Å². The number of rotatable bonds is 6. The van der Waals surface area contributed by atoms with Crippen molar-refractivity contribution in [2.24, 2.45) is 0 Å². The van der Waals surface area contributed by atoms with Crippen LogP contribution in [0, 0.1) is 0 Å². The Hall–Kier alpha value is -3.32. The predicted molar refractivity (Wildman–Crippen MR) is 113 cm³/mol. The van der Waals surface area contributed by atoms with Gasteiger partial charge in [0.25, 0.3) is 11.8 Å². The fraction of sp³-hybridized carbons (Fsp3) is 0.304. The van der Waals surface area contributed by atoms with Gasteiger partial charge in [0, 0.05) is 12.1 Å². The topological polar surface area (TPSA) is 96.9 Å². The molecule has 1 aliphatic rings. The molecule has 0 bridgehead atoms. The molecule has 7 nitrogen and oxygen atoms in total. The maximum Gasteiger partial charge on any atom is 0.267 e. The van der Waals surface area contributed by atoms with Gasteiger partial charge in [-0.2, -0.15) is 0 Å². The highest BCUT2D eigenvalue weighted by Crippen LogP contribution is 2.33. The second kappa shape index (κ2) is 9.00. The summed E-state index contributed by atoms with van der Waals surface area (Å²) in [7, 11) is 0. The van der Waals surface area contributed by atoms with Gasteiger partial charge in [0.1, 0.15) is 5.70 Å². The van der Waals surface area contributed by atoms with Gasteiger partial charge in [-0.05, 0) is 46.9 Å². The molecule has 2 amide bonds. The van der Waals surface area contributed by atoms with E-state index in [0.29, 0.717) is 22.6 Å². The van der Waals surface area contributed by atoms with Crippen molar-refractivity contribution in [3.8, 4) is 11.5 Å². The van der Waals surface area contributed by atoms with Crippen LogP contribution in [0.5, 0.6) is 11.5 Å². The van der Waals surface area contributed by atoms with Crippen LogP contribution in [0.4, 0.5) is 0 Å². The van der Waals surface area contributed by atoms with Crippen molar-refractivity contribution in [2.45, 2.75) is 26.2 Å². The van der Waals surface area contributed by atoms with Gasteiger partial charge in [-0.15, -0.1) is 0 Å². The summed E-state index contributed by atoms with van der Waals surface area (Å²) in [5.41, 5.74) is 2.25. The first-order valence-corrected chi connectivity index (χ1v) is 9.70. The van der Waals surface area contributed by atoms with Crippen molar-refractivity contribution in [3.05, 3.63) is 64.9 Å². The number of aliphatic hydroxyl groups is 1. The highest BCUT2D eigenvalue weighted by atomic mass is 16.7. The molecule has 1 aliphatic heterocycles. The summed E-state index contributed by atoms with van der Waals surface area (Å²) in [5, 5.41) is 14.2. The zero-order chi connectivity index (χ0) is 21.7. The molecule has 0 radical (unpaired) electrons. The number of benzene rings is 2. The molecular formula is C23H26N2O5. The quantitative estimate of drug-likeness (QED) is 0.636. The van der Waals surface area contributed by atoms with Crippen LogP contribution in [0.25, 0.3) is 6.08 Å². The van der Waals surface area contributed by atoms with Crippen LogP contribution in [0.3, 0.4) is 0 Å². The Morgan fingerprint density at radius 3 is 2.43 bits per heavy atom. The molecule has 3 rings (SSSR count). The number of carbonyl (C=O) groups is 2. The van der Waals surface area contributed by atoms with E-state index in [1.807, 2.05) is 12.1 Å². The van der Waals surface area contributed by atoms with E-state index in [-0.39, 0.29) is 31.1 Å². The van der Waals surface area contributed by atoms with Crippen molar-refractivity contribution >= 4 is 17.9 Å². The van der Waals surface area contributed by atoms with Crippen molar-refractivity contribution in [1.82, 2.24) is 10.6 Å². The molecule has 0 fully saturated rings. The maximum atomic E-state index is 12.7. The highest BCUT2D eigenvalue weighted by Gasteiger charge is 2.18. The summed E-state index contributed by atoms with van der Waals surface area (Å²) < 4.78 is 10.7. The van der Waals surface area contributed by atoms with Crippen LogP contribution < -0.4 is 20.1 Å². The zero-order valence-corrected chi connectivity index (χ0v) is 17.3. The third kappa shape index (κ3) is 5.18. The molecule has 158 valence electrons. The lowest BCUT2D eigenvalue weighted by atomic mass is 9.87. The Morgan fingerprint density at radius 1 is 1.07 bits per heavy atom. The minimum Gasteiger partial charge on any atom is -0.454 e. The average Bonchev–Trinajstić information content (AvgIpc) is 3.18. The van der Waals surface area contributed by atoms with Gasteiger partial charge in [-0.25, -0.2) is 0 Å². The van der Waals surface area contributed by atoms with E-state index in [2.05, 4.69) is 31.4 Å². The minimum atomic E-state index is -0.499. The SMILES string of the molecule is CC(C)(C)c1ccc(C(=O)NC(=Cc2ccc3c(c2)OCO3)C(=O)NCCO)cc1. The molecule has 0 saturated heterocycles. The Morgan fingerprint density at radius 2 is 1.77 bits per heavy atom. The second-order valence-electron chi connectivity index (χ2n) is 7.93. The molecular weight excluding hydrogens is 384 g/mol. The first-order valence-electron chi connectivity index (χ1n) is 9.70. The molecule has 0 aromatic heterocycles. The summed E-state index contributed by atoms with van der Waals surface area (Å²) in [6, 6.07) is 12.5. The summed E-state index contributed by atoms with van der Waals surface area (Å²) in [6.45, 7) is 6.31. The minimum absolute atomic E-state index is 0.0242. The van der Waals surface area contributed by atoms with Gasteiger partial charge in [-0.3, -0.25) is 9.59 Å². The van der Waals surface area contributed by atoms with Crippen molar-refractivity contribution < 1.29 is 24.2 Å². The summed E-state index contributed by atoms with van der Waals surface area (Å²) in [6.07, 6.45) is 1.55. The number of hydrogen-bond acceptors (Lipinski definition) is 5. The monoisotopic (exact) mass is 410 g/mol. The van der Waals surface area contributed by atoms with Gasteiger partial charge in [0.05, 0.1) is 6.61 Å². The number of hydrogen-bond donors (Lipinski definition) is 3. The van der Waals surface area contributed by atoms with Gasteiger partial charge < -0.3 is 25.2 Å². The lowest BCUT2D eigenvalue weighted by Crippen LogP contribution is -2.36. The molecule has 0 spiro atoms.